The molecule has 0 fully saturated rings. The van der Waals surface area contributed by atoms with Gasteiger partial charge in [0.15, 0.2) is 0 Å². The van der Waals surface area contributed by atoms with Crippen LogP contribution in [0.4, 0.5) is 8.78 Å². The van der Waals surface area contributed by atoms with Gasteiger partial charge < -0.3 is 9.84 Å². The Morgan fingerprint density at radius 3 is 2.35 bits per heavy atom. The zero-order chi connectivity index (χ0) is 14.7. The molecular weight excluding hydrogens is 266 g/mol. The van der Waals surface area contributed by atoms with E-state index < -0.39 is 17.6 Å². The number of benzene rings is 2. The van der Waals surface area contributed by atoms with Crippen LogP contribution in [-0.2, 0) is 0 Å². The molecule has 0 unspecified atom stereocenters. The SMILES string of the molecule is CCOc1cc(C(=O)O)ccc1-c1cc(F)cc(F)c1. The van der Waals surface area contributed by atoms with E-state index in [4.69, 9.17) is 9.84 Å². The predicted octanol–water partition coefficient (Wildman–Crippen LogP) is 3.73. The Labute approximate surface area is 114 Å². The maximum atomic E-state index is 13.3. The quantitative estimate of drug-likeness (QED) is 0.927. The van der Waals surface area contributed by atoms with Crippen LogP contribution < -0.4 is 4.74 Å². The second-order valence-electron chi connectivity index (χ2n) is 4.11. The first-order valence-electron chi connectivity index (χ1n) is 5.98. The molecule has 0 heterocycles. The minimum absolute atomic E-state index is 0.0501. The topological polar surface area (TPSA) is 46.5 Å². The number of ether oxygens (including phenoxy) is 1. The van der Waals surface area contributed by atoms with Crippen molar-refractivity contribution in [3.8, 4) is 16.9 Å². The predicted molar refractivity (Wildman–Crippen MR) is 69.9 cm³/mol. The van der Waals surface area contributed by atoms with E-state index >= 15 is 0 Å². The molecule has 0 aromatic heterocycles. The zero-order valence-corrected chi connectivity index (χ0v) is 10.7. The molecule has 20 heavy (non-hydrogen) atoms. The normalized spacial score (nSPS) is 10.3. The fourth-order valence-corrected chi connectivity index (χ4v) is 1.88. The number of rotatable bonds is 4. The Morgan fingerprint density at radius 2 is 1.80 bits per heavy atom. The van der Waals surface area contributed by atoms with Gasteiger partial charge in [-0.2, -0.15) is 0 Å². The second kappa shape index (κ2) is 5.69. The Morgan fingerprint density at radius 1 is 1.15 bits per heavy atom. The van der Waals surface area contributed by atoms with E-state index in [9.17, 15) is 13.6 Å². The Bertz CT molecular complexity index is 633. The van der Waals surface area contributed by atoms with E-state index in [2.05, 4.69) is 0 Å². The lowest BCUT2D eigenvalue weighted by molar-refractivity contribution is 0.0696. The molecule has 0 bridgehead atoms. The summed E-state index contributed by atoms with van der Waals surface area (Å²) in [5.41, 5.74) is 0.784. The number of aromatic carboxylic acids is 1. The summed E-state index contributed by atoms with van der Waals surface area (Å²) >= 11 is 0. The molecule has 0 amide bonds. The van der Waals surface area contributed by atoms with Crippen molar-refractivity contribution in [1.29, 1.82) is 0 Å². The number of carboxylic acids is 1. The first-order chi connectivity index (χ1) is 9.51. The van der Waals surface area contributed by atoms with Gasteiger partial charge in [-0.25, -0.2) is 13.6 Å². The summed E-state index contributed by atoms with van der Waals surface area (Å²) in [6, 6.07) is 7.29. The molecule has 5 heteroatoms. The van der Waals surface area contributed by atoms with Gasteiger partial charge in [-0.3, -0.25) is 0 Å². The van der Waals surface area contributed by atoms with Crippen LogP contribution in [0.1, 0.15) is 17.3 Å². The van der Waals surface area contributed by atoms with Crippen molar-refractivity contribution < 1.29 is 23.4 Å². The maximum absolute atomic E-state index is 13.3. The van der Waals surface area contributed by atoms with E-state index in [-0.39, 0.29) is 11.3 Å². The fourth-order valence-electron chi connectivity index (χ4n) is 1.88. The maximum Gasteiger partial charge on any atom is 0.335 e. The zero-order valence-electron chi connectivity index (χ0n) is 10.7. The lowest BCUT2D eigenvalue weighted by Crippen LogP contribution is -2.00. The molecule has 0 aliphatic carbocycles. The van der Waals surface area contributed by atoms with Crippen LogP contribution >= 0.6 is 0 Å². The summed E-state index contributed by atoms with van der Waals surface area (Å²) in [5, 5.41) is 8.95. The minimum Gasteiger partial charge on any atom is -0.493 e. The molecule has 1 N–H and O–H groups in total. The molecule has 0 aliphatic heterocycles. The molecule has 0 radical (unpaired) electrons. The van der Waals surface area contributed by atoms with Crippen LogP contribution in [0.25, 0.3) is 11.1 Å². The summed E-state index contributed by atoms with van der Waals surface area (Å²) in [6.07, 6.45) is 0. The molecule has 0 saturated heterocycles. The third kappa shape index (κ3) is 2.93. The van der Waals surface area contributed by atoms with Crippen LogP contribution in [0.2, 0.25) is 0 Å². The number of halogens is 2. The molecule has 2 aromatic rings. The van der Waals surface area contributed by atoms with Crippen molar-refractivity contribution in [2.45, 2.75) is 6.92 Å². The molecular formula is C15H12F2O3. The lowest BCUT2D eigenvalue weighted by Gasteiger charge is -2.11. The molecule has 3 nitrogen and oxygen atoms in total. The Hall–Kier alpha value is -2.43. The fraction of sp³-hybridized carbons (Fsp3) is 0.133. The van der Waals surface area contributed by atoms with Crippen molar-refractivity contribution in [2.24, 2.45) is 0 Å². The highest BCUT2D eigenvalue weighted by Gasteiger charge is 2.12. The third-order valence-electron chi connectivity index (χ3n) is 2.70. The van der Waals surface area contributed by atoms with Gasteiger partial charge in [0.25, 0.3) is 0 Å². The second-order valence-corrected chi connectivity index (χ2v) is 4.11. The number of carbonyl (C=O) groups is 1. The number of carboxylic acid groups (broad SMARTS) is 1. The van der Waals surface area contributed by atoms with Gasteiger partial charge in [0.05, 0.1) is 12.2 Å². The van der Waals surface area contributed by atoms with Crippen LogP contribution in [0.3, 0.4) is 0 Å². The summed E-state index contributed by atoms with van der Waals surface area (Å²) < 4.78 is 31.9. The summed E-state index contributed by atoms with van der Waals surface area (Å²) in [4.78, 5) is 10.9. The van der Waals surface area contributed by atoms with Gasteiger partial charge in [0, 0.05) is 11.6 Å². The number of hydrogen-bond acceptors (Lipinski definition) is 2. The van der Waals surface area contributed by atoms with Crippen LogP contribution in [0.15, 0.2) is 36.4 Å². The number of hydrogen-bond donors (Lipinski definition) is 1. The molecule has 0 aliphatic rings. The molecule has 0 atom stereocenters. The third-order valence-corrected chi connectivity index (χ3v) is 2.70. The highest BCUT2D eigenvalue weighted by atomic mass is 19.1. The minimum atomic E-state index is -1.09. The molecule has 104 valence electrons. The highest BCUT2D eigenvalue weighted by molar-refractivity contribution is 5.89. The van der Waals surface area contributed by atoms with Crippen molar-refractivity contribution in [3.05, 3.63) is 53.6 Å². The molecule has 0 spiro atoms. The van der Waals surface area contributed by atoms with E-state index in [0.717, 1.165) is 6.07 Å². The van der Waals surface area contributed by atoms with E-state index in [1.165, 1.54) is 30.3 Å². The lowest BCUT2D eigenvalue weighted by atomic mass is 10.0. The average molecular weight is 278 g/mol. The van der Waals surface area contributed by atoms with E-state index in [0.29, 0.717) is 17.7 Å². The summed E-state index contributed by atoms with van der Waals surface area (Å²) in [6.45, 7) is 2.05. The van der Waals surface area contributed by atoms with Gasteiger partial charge in [-0.05, 0) is 42.8 Å². The van der Waals surface area contributed by atoms with E-state index in [1.807, 2.05) is 0 Å². The smallest absolute Gasteiger partial charge is 0.335 e. The van der Waals surface area contributed by atoms with E-state index in [1.54, 1.807) is 6.92 Å². The molecule has 2 rings (SSSR count). The first-order valence-corrected chi connectivity index (χ1v) is 5.98. The first kappa shape index (κ1) is 14.0. The van der Waals surface area contributed by atoms with Crippen molar-refractivity contribution >= 4 is 5.97 Å². The molecule has 0 saturated carbocycles. The van der Waals surface area contributed by atoms with Gasteiger partial charge in [0.2, 0.25) is 0 Å². The van der Waals surface area contributed by atoms with Crippen LogP contribution in [0, 0.1) is 11.6 Å². The summed E-state index contributed by atoms with van der Waals surface area (Å²) in [5.74, 6) is -2.23. The van der Waals surface area contributed by atoms with Gasteiger partial charge in [-0.1, -0.05) is 0 Å². The van der Waals surface area contributed by atoms with Gasteiger partial charge in [0.1, 0.15) is 17.4 Å². The van der Waals surface area contributed by atoms with Crippen LogP contribution in [-0.4, -0.2) is 17.7 Å². The van der Waals surface area contributed by atoms with Crippen LogP contribution in [0.5, 0.6) is 5.75 Å². The monoisotopic (exact) mass is 278 g/mol. The van der Waals surface area contributed by atoms with Crippen molar-refractivity contribution in [2.75, 3.05) is 6.61 Å². The summed E-state index contributed by atoms with van der Waals surface area (Å²) in [7, 11) is 0. The van der Waals surface area contributed by atoms with Gasteiger partial charge in [-0.15, -0.1) is 0 Å². The standard InChI is InChI=1S/C15H12F2O3/c1-2-20-14-7-9(15(18)19)3-4-13(14)10-5-11(16)8-12(17)6-10/h3-8H,2H2,1H3,(H,18,19). The highest BCUT2D eigenvalue weighted by Crippen LogP contribution is 2.32. The Balaban J connectivity index is 2.57. The largest absolute Gasteiger partial charge is 0.493 e. The van der Waals surface area contributed by atoms with Crippen molar-refractivity contribution in [1.82, 2.24) is 0 Å². The molecule has 2 aromatic carbocycles. The van der Waals surface area contributed by atoms with Gasteiger partial charge >= 0.3 is 5.97 Å². The van der Waals surface area contributed by atoms with Crippen molar-refractivity contribution in [3.63, 3.8) is 0 Å². The Kier molecular flexibility index (Phi) is 3.98. The average Bonchev–Trinajstić information content (AvgIpc) is 2.37.